The highest BCUT2D eigenvalue weighted by Gasteiger charge is 2.21. The lowest BCUT2D eigenvalue weighted by atomic mass is 10.0. The molecule has 0 aliphatic heterocycles. The monoisotopic (exact) mass is 498 g/mol. The molecule has 9 heteroatoms. The summed E-state index contributed by atoms with van der Waals surface area (Å²) in [4.78, 5) is 57.1. The molecule has 0 spiro atoms. The second kappa shape index (κ2) is 22.0. The van der Waals surface area contributed by atoms with Crippen molar-refractivity contribution in [2.45, 2.75) is 129 Å². The van der Waals surface area contributed by atoms with E-state index in [-0.39, 0.29) is 43.9 Å². The van der Waals surface area contributed by atoms with Gasteiger partial charge in [0, 0.05) is 25.7 Å². The van der Waals surface area contributed by atoms with Gasteiger partial charge in [-0.05, 0) is 25.7 Å². The summed E-state index contributed by atoms with van der Waals surface area (Å²) in [6.07, 6.45) is 14.1. The number of amides is 2. The first-order valence-electron chi connectivity index (χ1n) is 13.3. The number of carboxylic acid groups (broad SMARTS) is 2. The number of nitrogens with one attached hydrogen (secondary N) is 2. The van der Waals surface area contributed by atoms with E-state index in [1.807, 2.05) is 6.92 Å². The summed E-state index contributed by atoms with van der Waals surface area (Å²) in [5.74, 6) is -2.67. The minimum absolute atomic E-state index is 0.0167. The molecule has 0 saturated heterocycles. The third kappa shape index (κ3) is 21.8. The van der Waals surface area contributed by atoms with Crippen molar-refractivity contribution in [1.82, 2.24) is 10.6 Å². The minimum atomic E-state index is -1.17. The summed E-state index contributed by atoms with van der Waals surface area (Å²) in [6.45, 7) is 1.83. The Morgan fingerprint density at radius 1 is 0.629 bits per heavy atom. The molecule has 0 radical (unpaired) electrons. The Labute approximate surface area is 209 Å². The van der Waals surface area contributed by atoms with Gasteiger partial charge in [0.15, 0.2) is 5.78 Å². The van der Waals surface area contributed by atoms with Gasteiger partial charge in [0.25, 0.3) is 0 Å². The highest BCUT2D eigenvalue weighted by Crippen LogP contribution is 2.13. The van der Waals surface area contributed by atoms with Crippen molar-refractivity contribution in [1.29, 1.82) is 0 Å². The van der Waals surface area contributed by atoms with Gasteiger partial charge < -0.3 is 20.8 Å². The van der Waals surface area contributed by atoms with E-state index in [9.17, 15) is 29.1 Å². The largest absolute Gasteiger partial charge is 0.481 e. The zero-order valence-corrected chi connectivity index (χ0v) is 21.4. The van der Waals surface area contributed by atoms with E-state index in [2.05, 4.69) is 10.6 Å². The number of carboxylic acids is 2. The number of rotatable bonds is 24. The highest BCUT2D eigenvalue weighted by molar-refractivity contribution is 5.87. The maximum atomic E-state index is 12.1. The standard InChI is InChI=1S/C26H46N2O7/c1-2-15-21(29)20-27-23(30)19-18-22(26(34)35)28-24(31)16-13-11-9-7-5-3-4-6-8-10-12-14-17-25(32)33/h22H,2-20H2,1H3,(H,27,30)(H,28,31)(H,32,33)(H,34,35)/t22-/m0/s1. The molecule has 0 aliphatic rings. The van der Waals surface area contributed by atoms with E-state index in [0.29, 0.717) is 19.3 Å². The number of hydrogen-bond donors (Lipinski definition) is 4. The Hall–Kier alpha value is -2.45. The number of aliphatic carboxylic acids is 2. The van der Waals surface area contributed by atoms with Gasteiger partial charge in [-0.15, -0.1) is 0 Å². The Bertz CT molecular complexity index is 637. The number of carbonyl (C=O) groups excluding carboxylic acids is 3. The fourth-order valence-electron chi connectivity index (χ4n) is 3.78. The average molecular weight is 499 g/mol. The normalized spacial score (nSPS) is 11.6. The minimum Gasteiger partial charge on any atom is -0.481 e. The summed E-state index contributed by atoms with van der Waals surface area (Å²) >= 11 is 0. The molecule has 1 atom stereocenters. The van der Waals surface area contributed by atoms with Gasteiger partial charge in [-0.25, -0.2) is 4.79 Å². The van der Waals surface area contributed by atoms with Crippen LogP contribution >= 0.6 is 0 Å². The molecule has 35 heavy (non-hydrogen) atoms. The molecular weight excluding hydrogens is 452 g/mol. The lowest BCUT2D eigenvalue weighted by Crippen LogP contribution is -2.41. The van der Waals surface area contributed by atoms with Crippen LogP contribution in [0.3, 0.4) is 0 Å². The first-order valence-corrected chi connectivity index (χ1v) is 13.3. The fraction of sp³-hybridized carbons (Fsp3) is 0.808. The lowest BCUT2D eigenvalue weighted by Gasteiger charge is -2.14. The third-order valence-corrected chi connectivity index (χ3v) is 5.85. The van der Waals surface area contributed by atoms with Crippen molar-refractivity contribution in [3.63, 3.8) is 0 Å². The van der Waals surface area contributed by atoms with Crippen molar-refractivity contribution in [2.24, 2.45) is 0 Å². The maximum Gasteiger partial charge on any atom is 0.326 e. The smallest absolute Gasteiger partial charge is 0.326 e. The van der Waals surface area contributed by atoms with Crippen LogP contribution in [0.25, 0.3) is 0 Å². The molecular formula is C26H46N2O7. The zero-order valence-electron chi connectivity index (χ0n) is 21.4. The topological polar surface area (TPSA) is 150 Å². The van der Waals surface area contributed by atoms with Gasteiger partial charge >= 0.3 is 11.9 Å². The van der Waals surface area contributed by atoms with Crippen LogP contribution in [0.5, 0.6) is 0 Å². The molecule has 0 rings (SSSR count). The van der Waals surface area contributed by atoms with Gasteiger partial charge in [0.05, 0.1) is 6.54 Å². The summed E-state index contributed by atoms with van der Waals surface area (Å²) in [5, 5.41) is 22.9. The second-order valence-electron chi connectivity index (χ2n) is 9.20. The van der Waals surface area contributed by atoms with Crippen LogP contribution < -0.4 is 10.6 Å². The molecule has 0 aromatic carbocycles. The van der Waals surface area contributed by atoms with E-state index in [4.69, 9.17) is 5.11 Å². The number of unbranched alkanes of at least 4 members (excludes halogenated alkanes) is 11. The molecule has 0 unspecified atom stereocenters. The summed E-state index contributed by atoms with van der Waals surface area (Å²) in [6, 6.07) is -1.11. The molecule has 0 bridgehead atoms. The van der Waals surface area contributed by atoms with E-state index >= 15 is 0 Å². The van der Waals surface area contributed by atoms with Crippen molar-refractivity contribution in [3.8, 4) is 0 Å². The molecule has 2 amide bonds. The Morgan fingerprint density at radius 3 is 1.57 bits per heavy atom. The van der Waals surface area contributed by atoms with Crippen LogP contribution in [0.4, 0.5) is 0 Å². The molecule has 0 aromatic heterocycles. The van der Waals surface area contributed by atoms with Gasteiger partial charge in [-0.3, -0.25) is 19.2 Å². The number of Topliss-reactive ketones (excluding diaryl/α,β-unsaturated/α-hetero) is 1. The van der Waals surface area contributed by atoms with Gasteiger partial charge in [0.2, 0.25) is 11.8 Å². The van der Waals surface area contributed by atoms with Crippen LogP contribution in [0.1, 0.15) is 122 Å². The first kappa shape index (κ1) is 32.5. The quantitative estimate of drug-likeness (QED) is 0.144. The molecule has 0 saturated carbocycles. The number of hydrogen-bond acceptors (Lipinski definition) is 5. The Morgan fingerprint density at radius 2 is 1.11 bits per heavy atom. The van der Waals surface area contributed by atoms with Gasteiger partial charge in [0.1, 0.15) is 6.04 Å². The van der Waals surface area contributed by atoms with Crippen LogP contribution in [0.2, 0.25) is 0 Å². The van der Waals surface area contributed by atoms with Crippen LogP contribution in [0.15, 0.2) is 0 Å². The van der Waals surface area contributed by atoms with Crippen molar-refractivity contribution >= 4 is 29.5 Å². The number of carbonyl (C=O) groups is 5. The van der Waals surface area contributed by atoms with E-state index < -0.39 is 23.9 Å². The van der Waals surface area contributed by atoms with Crippen LogP contribution in [-0.4, -0.2) is 52.3 Å². The summed E-state index contributed by atoms with van der Waals surface area (Å²) in [7, 11) is 0. The lowest BCUT2D eigenvalue weighted by molar-refractivity contribution is -0.142. The first-order chi connectivity index (χ1) is 16.8. The predicted octanol–water partition coefficient (Wildman–Crippen LogP) is 4.37. The predicted molar refractivity (Wildman–Crippen MR) is 134 cm³/mol. The molecule has 9 nitrogen and oxygen atoms in total. The van der Waals surface area contributed by atoms with E-state index in [1.54, 1.807) is 0 Å². The Balaban J connectivity index is 3.73. The summed E-state index contributed by atoms with van der Waals surface area (Å²) < 4.78 is 0. The summed E-state index contributed by atoms with van der Waals surface area (Å²) in [5.41, 5.74) is 0. The van der Waals surface area contributed by atoms with Crippen LogP contribution in [0, 0.1) is 0 Å². The van der Waals surface area contributed by atoms with E-state index in [0.717, 1.165) is 44.9 Å². The fourth-order valence-corrected chi connectivity index (χ4v) is 3.78. The second-order valence-corrected chi connectivity index (χ2v) is 9.20. The zero-order chi connectivity index (χ0) is 26.3. The van der Waals surface area contributed by atoms with Crippen LogP contribution in [-0.2, 0) is 24.0 Å². The SMILES string of the molecule is CCCC(=O)CNC(=O)CC[C@H](NC(=O)CCCCCCCCCCCCCCC(=O)O)C(=O)O. The van der Waals surface area contributed by atoms with Gasteiger partial charge in [-0.2, -0.15) is 0 Å². The van der Waals surface area contributed by atoms with Crippen molar-refractivity contribution < 1.29 is 34.2 Å². The molecule has 0 heterocycles. The van der Waals surface area contributed by atoms with Crippen molar-refractivity contribution in [2.75, 3.05) is 6.54 Å². The van der Waals surface area contributed by atoms with E-state index in [1.165, 1.54) is 25.7 Å². The Kier molecular flexibility index (Phi) is 20.5. The third-order valence-electron chi connectivity index (χ3n) is 5.85. The molecule has 202 valence electrons. The highest BCUT2D eigenvalue weighted by atomic mass is 16.4. The average Bonchev–Trinajstić information content (AvgIpc) is 2.80. The van der Waals surface area contributed by atoms with Gasteiger partial charge in [-0.1, -0.05) is 71.1 Å². The maximum absolute atomic E-state index is 12.1. The molecule has 4 N–H and O–H groups in total. The number of ketones is 1. The molecule has 0 aliphatic carbocycles. The molecule has 0 aromatic rings. The van der Waals surface area contributed by atoms with Crippen molar-refractivity contribution in [3.05, 3.63) is 0 Å². The molecule has 0 fully saturated rings.